The molecule has 1 aromatic heterocycles. The SMILES string of the molecule is C=CCn1c(SCC(=O)Nc2ccc(C)cc2)nnc1[C@@H](NC(=O)c1ccc(C)cc1)C(C)C. The molecule has 2 amide bonds. The topological polar surface area (TPSA) is 88.9 Å². The van der Waals surface area contributed by atoms with Crippen LogP contribution in [0.2, 0.25) is 0 Å². The minimum Gasteiger partial charge on any atom is -0.342 e. The Bertz CT molecular complexity index is 1140. The highest BCUT2D eigenvalue weighted by molar-refractivity contribution is 7.99. The van der Waals surface area contributed by atoms with Crippen molar-refractivity contribution < 1.29 is 9.59 Å². The van der Waals surface area contributed by atoms with Crippen molar-refractivity contribution in [2.45, 2.75) is 45.4 Å². The number of hydrogen-bond acceptors (Lipinski definition) is 5. The van der Waals surface area contributed by atoms with Gasteiger partial charge in [-0.1, -0.05) is 67.1 Å². The molecule has 8 heteroatoms. The molecular formula is C26H31N5O2S. The number of hydrogen-bond donors (Lipinski definition) is 2. The van der Waals surface area contributed by atoms with Crippen LogP contribution in [-0.2, 0) is 11.3 Å². The first-order chi connectivity index (χ1) is 16.3. The first-order valence-electron chi connectivity index (χ1n) is 11.2. The summed E-state index contributed by atoms with van der Waals surface area (Å²) < 4.78 is 1.90. The van der Waals surface area contributed by atoms with Crippen LogP contribution < -0.4 is 10.6 Å². The van der Waals surface area contributed by atoms with E-state index >= 15 is 0 Å². The third kappa shape index (κ3) is 6.57. The lowest BCUT2D eigenvalue weighted by atomic mass is 10.0. The van der Waals surface area contributed by atoms with E-state index in [1.807, 2.05) is 80.8 Å². The molecule has 0 bridgehead atoms. The van der Waals surface area contributed by atoms with Crippen molar-refractivity contribution in [2.24, 2.45) is 5.92 Å². The zero-order chi connectivity index (χ0) is 24.7. The van der Waals surface area contributed by atoms with E-state index in [2.05, 4.69) is 27.4 Å². The average molecular weight is 478 g/mol. The molecule has 2 N–H and O–H groups in total. The third-order valence-corrected chi connectivity index (χ3v) is 6.24. The molecule has 3 aromatic rings. The van der Waals surface area contributed by atoms with E-state index in [0.29, 0.717) is 23.1 Å². The maximum atomic E-state index is 12.9. The molecule has 1 heterocycles. The lowest BCUT2D eigenvalue weighted by Crippen LogP contribution is -2.33. The minimum atomic E-state index is -0.350. The van der Waals surface area contributed by atoms with Crippen LogP contribution in [0.4, 0.5) is 5.69 Å². The van der Waals surface area contributed by atoms with Crippen molar-refractivity contribution in [2.75, 3.05) is 11.1 Å². The molecule has 0 fully saturated rings. The van der Waals surface area contributed by atoms with Crippen molar-refractivity contribution in [3.05, 3.63) is 83.7 Å². The summed E-state index contributed by atoms with van der Waals surface area (Å²) in [6, 6.07) is 14.7. The van der Waals surface area contributed by atoms with E-state index in [1.165, 1.54) is 11.8 Å². The second kappa shape index (κ2) is 11.7. The van der Waals surface area contributed by atoms with Crippen molar-refractivity contribution in [1.82, 2.24) is 20.1 Å². The van der Waals surface area contributed by atoms with Gasteiger partial charge in [-0.2, -0.15) is 0 Å². The van der Waals surface area contributed by atoms with Crippen molar-refractivity contribution in [1.29, 1.82) is 0 Å². The number of benzene rings is 2. The second-order valence-corrected chi connectivity index (χ2v) is 9.45. The Balaban J connectivity index is 1.74. The highest BCUT2D eigenvalue weighted by atomic mass is 32.2. The molecule has 0 aliphatic heterocycles. The number of carbonyl (C=O) groups excluding carboxylic acids is 2. The highest BCUT2D eigenvalue weighted by Crippen LogP contribution is 2.26. The fraction of sp³-hybridized carbons (Fsp3) is 0.308. The molecule has 178 valence electrons. The Morgan fingerprint density at radius 1 is 1.03 bits per heavy atom. The fourth-order valence-electron chi connectivity index (χ4n) is 3.36. The molecule has 0 unspecified atom stereocenters. The number of amides is 2. The Morgan fingerprint density at radius 3 is 2.24 bits per heavy atom. The summed E-state index contributed by atoms with van der Waals surface area (Å²) in [6.45, 7) is 12.3. The van der Waals surface area contributed by atoms with E-state index in [1.54, 1.807) is 6.08 Å². The van der Waals surface area contributed by atoms with Gasteiger partial charge >= 0.3 is 0 Å². The van der Waals surface area contributed by atoms with Gasteiger partial charge in [0.05, 0.1) is 11.8 Å². The van der Waals surface area contributed by atoms with Crippen LogP contribution in [0, 0.1) is 19.8 Å². The summed E-state index contributed by atoms with van der Waals surface area (Å²) in [4.78, 5) is 25.3. The third-order valence-electron chi connectivity index (χ3n) is 5.27. The standard InChI is InChI=1S/C26H31N5O2S/c1-6-15-31-24(23(17(2)3)28-25(33)20-11-7-18(4)8-12-20)29-30-26(31)34-16-22(32)27-21-13-9-19(5)10-14-21/h6-14,17,23H,1,15-16H2,2-5H3,(H,27,32)(H,28,33)/t23-/m0/s1. The highest BCUT2D eigenvalue weighted by Gasteiger charge is 2.26. The van der Waals surface area contributed by atoms with Gasteiger partial charge in [0.1, 0.15) is 0 Å². The van der Waals surface area contributed by atoms with Crippen molar-refractivity contribution in [3.8, 4) is 0 Å². The molecule has 34 heavy (non-hydrogen) atoms. The predicted octanol–water partition coefficient (Wildman–Crippen LogP) is 4.94. The van der Waals surface area contributed by atoms with Gasteiger partial charge in [-0.05, 0) is 44.0 Å². The number of nitrogens with zero attached hydrogens (tertiary/aromatic N) is 3. The summed E-state index contributed by atoms with van der Waals surface area (Å²) >= 11 is 1.30. The largest absolute Gasteiger partial charge is 0.342 e. The predicted molar refractivity (Wildman–Crippen MR) is 137 cm³/mol. The van der Waals surface area contributed by atoms with Crippen LogP contribution in [0.15, 0.2) is 66.3 Å². The number of thioether (sulfide) groups is 1. The van der Waals surface area contributed by atoms with Crippen LogP contribution in [0.1, 0.15) is 47.2 Å². The molecule has 2 aromatic carbocycles. The minimum absolute atomic E-state index is 0.0739. The van der Waals surface area contributed by atoms with E-state index in [0.717, 1.165) is 16.8 Å². The quantitative estimate of drug-likeness (QED) is 0.319. The van der Waals surface area contributed by atoms with E-state index in [9.17, 15) is 9.59 Å². The number of rotatable bonds is 10. The van der Waals surface area contributed by atoms with Gasteiger partial charge in [0.25, 0.3) is 5.91 Å². The van der Waals surface area contributed by atoms with E-state index in [-0.39, 0.29) is 29.5 Å². The van der Waals surface area contributed by atoms with Crippen LogP contribution in [-0.4, -0.2) is 32.3 Å². The molecule has 0 aliphatic rings. The van der Waals surface area contributed by atoms with Gasteiger partial charge in [0.2, 0.25) is 5.91 Å². The summed E-state index contributed by atoms with van der Waals surface area (Å²) in [7, 11) is 0. The van der Waals surface area contributed by atoms with Crippen molar-refractivity contribution >= 4 is 29.3 Å². The van der Waals surface area contributed by atoms with E-state index in [4.69, 9.17) is 0 Å². The zero-order valence-corrected chi connectivity index (χ0v) is 20.9. The van der Waals surface area contributed by atoms with Gasteiger partial charge in [0.15, 0.2) is 11.0 Å². The molecule has 0 radical (unpaired) electrons. The van der Waals surface area contributed by atoms with Crippen molar-refractivity contribution in [3.63, 3.8) is 0 Å². The molecular weight excluding hydrogens is 446 g/mol. The molecule has 0 spiro atoms. The molecule has 3 rings (SSSR count). The maximum Gasteiger partial charge on any atom is 0.251 e. The molecule has 1 atom stereocenters. The van der Waals surface area contributed by atoms with Gasteiger partial charge in [0, 0.05) is 17.8 Å². The van der Waals surface area contributed by atoms with Crippen LogP contribution in [0.3, 0.4) is 0 Å². The van der Waals surface area contributed by atoms with Gasteiger partial charge in [-0.3, -0.25) is 9.59 Å². The first kappa shape index (κ1) is 25.2. The lowest BCUT2D eigenvalue weighted by molar-refractivity contribution is -0.113. The number of aryl methyl sites for hydroxylation is 2. The monoisotopic (exact) mass is 477 g/mol. The number of anilines is 1. The lowest BCUT2D eigenvalue weighted by Gasteiger charge is -2.22. The van der Waals surface area contributed by atoms with Crippen LogP contribution >= 0.6 is 11.8 Å². The number of nitrogens with one attached hydrogen (secondary N) is 2. The number of allylic oxidation sites excluding steroid dienone is 1. The van der Waals surface area contributed by atoms with Gasteiger partial charge in [-0.25, -0.2) is 0 Å². The maximum absolute atomic E-state index is 12.9. The molecule has 0 saturated heterocycles. The van der Waals surface area contributed by atoms with Crippen LogP contribution in [0.5, 0.6) is 0 Å². The number of aromatic nitrogens is 3. The Hall–Kier alpha value is -3.39. The Kier molecular flexibility index (Phi) is 8.65. The second-order valence-electron chi connectivity index (χ2n) is 8.50. The zero-order valence-electron chi connectivity index (χ0n) is 20.0. The average Bonchev–Trinajstić information content (AvgIpc) is 3.20. The summed E-state index contributed by atoms with van der Waals surface area (Å²) in [5.74, 6) is 0.599. The first-order valence-corrected chi connectivity index (χ1v) is 12.2. The Labute approximate surface area is 205 Å². The molecule has 0 aliphatic carbocycles. The smallest absolute Gasteiger partial charge is 0.251 e. The normalized spacial score (nSPS) is 11.8. The summed E-state index contributed by atoms with van der Waals surface area (Å²) in [6.07, 6.45) is 1.75. The molecule has 7 nitrogen and oxygen atoms in total. The van der Waals surface area contributed by atoms with Gasteiger partial charge in [-0.15, -0.1) is 16.8 Å². The van der Waals surface area contributed by atoms with Crippen LogP contribution in [0.25, 0.3) is 0 Å². The summed E-state index contributed by atoms with van der Waals surface area (Å²) in [5.41, 5.74) is 3.57. The number of carbonyl (C=O) groups is 2. The Morgan fingerprint density at radius 2 is 1.65 bits per heavy atom. The van der Waals surface area contributed by atoms with Gasteiger partial charge < -0.3 is 15.2 Å². The fourth-order valence-corrected chi connectivity index (χ4v) is 4.12. The van der Waals surface area contributed by atoms with E-state index < -0.39 is 0 Å². The molecule has 0 saturated carbocycles. The summed E-state index contributed by atoms with van der Waals surface area (Å²) in [5, 5.41) is 15.3.